The van der Waals surface area contributed by atoms with Gasteiger partial charge in [0.25, 0.3) is 0 Å². The van der Waals surface area contributed by atoms with Crippen molar-refractivity contribution in [1.82, 2.24) is 20.2 Å². The van der Waals surface area contributed by atoms with Crippen molar-refractivity contribution in [3.05, 3.63) is 41.7 Å². The molecule has 0 aliphatic heterocycles. The molecule has 6 heteroatoms. The molecule has 2 rings (SSSR count). The van der Waals surface area contributed by atoms with E-state index in [1.165, 1.54) is 6.33 Å². The number of allylic oxidation sites excluding steroid dienone is 1. The highest BCUT2D eigenvalue weighted by molar-refractivity contribution is 5.99. The van der Waals surface area contributed by atoms with E-state index in [1.54, 1.807) is 10.8 Å². The monoisotopic (exact) mass is 257 g/mol. The molecule has 0 fully saturated rings. The highest BCUT2D eigenvalue weighted by atomic mass is 16.1. The zero-order valence-electron chi connectivity index (χ0n) is 11.1. The van der Waals surface area contributed by atoms with E-state index < -0.39 is 0 Å². The number of hydrogen-bond acceptors (Lipinski definition) is 4. The van der Waals surface area contributed by atoms with Crippen molar-refractivity contribution in [3.8, 4) is 5.69 Å². The first-order valence-electron chi connectivity index (χ1n) is 5.86. The standard InChI is InChI=1S/C13H15N5O/c1-9(2)6-13(19)15-11-4-5-12(10(3)7-11)18-8-14-16-17-18/h4-8H,1-3H3,(H,15,19). The average molecular weight is 257 g/mol. The van der Waals surface area contributed by atoms with Gasteiger partial charge < -0.3 is 5.32 Å². The van der Waals surface area contributed by atoms with Crippen molar-refractivity contribution in [2.45, 2.75) is 20.8 Å². The van der Waals surface area contributed by atoms with Crippen LogP contribution in [0.1, 0.15) is 19.4 Å². The second kappa shape index (κ2) is 5.43. The molecule has 1 heterocycles. The van der Waals surface area contributed by atoms with Crippen LogP contribution in [0, 0.1) is 6.92 Å². The van der Waals surface area contributed by atoms with E-state index in [1.807, 2.05) is 39.0 Å². The average Bonchev–Trinajstić information content (AvgIpc) is 2.81. The van der Waals surface area contributed by atoms with E-state index in [9.17, 15) is 4.79 Å². The number of carbonyl (C=O) groups excluding carboxylic acids is 1. The molecule has 1 aromatic heterocycles. The SMILES string of the molecule is CC(C)=CC(=O)Nc1ccc(-n2cnnn2)c(C)c1. The summed E-state index contributed by atoms with van der Waals surface area (Å²) in [6, 6.07) is 5.57. The number of benzene rings is 1. The summed E-state index contributed by atoms with van der Waals surface area (Å²) in [7, 11) is 0. The van der Waals surface area contributed by atoms with Crippen LogP contribution < -0.4 is 5.32 Å². The van der Waals surface area contributed by atoms with Crippen LogP contribution in [0.25, 0.3) is 5.69 Å². The normalized spacial score (nSPS) is 10.1. The number of amides is 1. The third-order valence-electron chi connectivity index (χ3n) is 2.48. The lowest BCUT2D eigenvalue weighted by molar-refractivity contribution is -0.111. The molecular weight excluding hydrogens is 242 g/mol. The molecular formula is C13H15N5O. The van der Waals surface area contributed by atoms with Crippen molar-refractivity contribution >= 4 is 11.6 Å². The zero-order chi connectivity index (χ0) is 13.8. The number of nitrogens with one attached hydrogen (secondary N) is 1. The maximum atomic E-state index is 11.6. The van der Waals surface area contributed by atoms with Crippen molar-refractivity contribution in [2.24, 2.45) is 0 Å². The Bertz CT molecular complexity index is 612. The summed E-state index contributed by atoms with van der Waals surface area (Å²) >= 11 is 0. The maximum absolute atomic E-state index is 11.6. The summed E-state index contributed by atoms with van der Waals surface area (Å²) in [5.41, 5.74) is 3.56. The van der Waals surface area contributed by atoms with Crippen molar-refractivity contribution in [2.75, 3.05) is 5.32 Å². The van der Waals surface area contributed by atoms with Crippen LogP contribution in [0.2, 0.25) is 0 Å². The summed E-state index contributed by atoms with van der Waals surface area (Å²) in [6.07, 6.45) is 3.09. The van der Waals surface area contributed by atoms with E-state index >= 15 is 0 Å². The Kier molecular flexibility index (Phi) is 3.70. The predicted molar refractivity (Wildman–Crippen MR) is 72.0 cm³/mol. The van der Waals surface area contributed by atoms with Crippen molar-refractivity contribution < 1.29 is 4.79 Å². The molecule has 0 saturated heterocycles. The van der Waals surface area contributed by atoms with E-state index in [0.29, 0.717) is 0 Å². The topological polar surface area (TPSA) is 72.7 Å². The lowest BCUT2D eigenvalue weighted by atomic mass is 10.1. The Morgan fingerprint density at radius 2 is 2.16 bits per heavy atom. The van der Waals surface area contributed by atoms with E-state index in [0.717, 1.165) is 22.5 Å². The van der Waals surface area contributed by atoms with Crippen LogP contribution in [0.3, 0.4) is 0 Å². The van der Waals surface area contributed by atoms with Crippen LogP contribution in [0.5, 0.6) is 0 Å². The quantitative estimate of drug-likeness (QED) is 0.852. The third-order valence-corrected chi connectivity index (χ3v) is 2.48. The van der Waals surface area contributed by atoms with Gasteiger partial charge in [-0.1, -0.05) is 5.57 Å². The summed E-state index contributed by atoms with van der Waals surface area (Å²) in [5, 5.41) is 13.8. The lowest BCUT2D eigenvalue weighted by Crippen LogP contribution is -2.09. The van der Waals surface area contributed by atoms with Gasteiger partial charge >= 0.3 is 0 Å². The number of rotatable bonds is 3. The highest BCUT2D eigenvalue weighted by Gasteiger charge is 2.05. The molecule has 0 saturated carbocycles. The second-order valence-corrected chi connectivity index (χ2v) is 4.47. The van der Waals surface area contributed by atoms with Gasteiger partial charge in [0.15, 0.2) is 0 Å². The Balaban J connectivity index is 2.20. The number of anilines is 1. The first-order valence-corrected chi connectivity index (χ1v) is 5.86. The van der Waals surface area contributed by atoms with Crippen LogP contribution in [0.4, 0.5) is 5.69 Å². The van der Waals surface area contributed by atoms with Gasteiger partial charge in [0.2, 0.25) is 5.91 Å². The number of hydrogen-bond donors (Lipinski definition) is 1. The Morgan fingerprint density at radius 1 is 1.37 bits per heavy atom. The number of tetrazole rings is 1. The summed E-state index contributed by atoms with van der Waals surface area (Å²) in [5.74, 6) is -0.130. The van der Waals surface area contributed by atoms with Gasteiger partial charge in [0, 0.05) is 11.8 Å². The molecule has 0 aliphatic carbocycles. The van der Waals surface area contributed by atoms with Gasteiger partial charge in [-0.05, 0) is 55.0 Å². The smallest absolute Gasteiger partial charge is 0.248 e. The third kappa shape index (κ3) is 3.25. The maximum Gasteiger partial charge on any atom is 0.248 e. The van der Waals surface area contributed by atoms with E-state index in [-0.39, 0.29) is 5.91 Å². The number of carbonyl (C=O) groups is 1. The van der Waals surface area contributed by atoms with E-state index in [2.05, 4.69) is 20.8 Å². The number of aryl methyl sites for hydroxylation is 1. The molecule has 1 N–H and O–H groups in total. The minimum absolute atomic E-state index is 0.130. The van der Waals surface area contributed by atoms with Gasteiger partial charge in [0.05, 0.1) is 5.69 Å². The van der Waals surface area contributed by atoms with Crippen molar-refractivity contribution in [1.29, 1.82) is 0 Å². The molecule has 0 bridgehead atoms. The molecule has 0 unspecified atom stereocenters. The van der Waals surface area contributed by atoms with Crippen LogP contribution >= 0.6 is 0 Å². The van der Waals surface area contributed by atoms with Crippen LogP contribution in [-0.2, 0) is 4.79 Å². The molecule has 19 heavy (non-hydrogen) atoms. The Labute approximate surface area is 111 Å². The first-order chi connectivity index (χ1) is 9.06. The minimum Gasteiger partial charge on any atom is -0.323 e. The Morgan fingerprint density at radius 3 is 2.74 bits per heavy atom. The molecule has 6 nitrogen and oxygen atoms in total. The van der Waals surface area contributed by atoms with Gasteiger partial charge in [-0.2, -0.15) is 0 Å². The number of nitrogens with zero attached hydrogens (tertiary/aromatic N) is 4. The molecule has 0 radical (unpaired) electrons. The molecule has 0 atom stereocenters. The summed E-state index contributed by atoms with van der Waals surface area (Å²) in [4.78, 5) is 11.6. The van der Waals surface area contributed by atoms with E-state index in [4.69, 9.17) is 0 Å². The molecule has 98 valence electrons. The number of aromatic nitrogens is 4. The fourth-order valence-electron chi connectivity index (χ4n) is 1.70. The Hall–Kier alpha value is -2.50. The zero-order valence-corrected chi connectivity index (χ0v) is 11.1. The molecule has 0 aliphatic rings. The second-order valence-electron chi connectivity index (χ2n) is 4.47. The van der Waals surface area contributed by atoms with Crippen LogP contribution in [0.15, 0.2) is 36.2 Å². The van der Waals surface area contributed by atoms with Crippen LogP contribution in [-0.4, -0.2) is 26.1 Å². The largest absolute Gasteiger partial charge is 0.323 e. The molecule has 1 aromatic carbocycles. The minimum atomic E-state index is -0.130. The molecule has 0 spiro atoms. The van der Waals surface area contributed by atoms with Gasteiger partial charge in [-0.3, -0.25) is 4.79 Å². The van der Waals surface area contributed by atoms with Gasteiger partial charge in [-0.15, -0.1) is 5.10 Å². The fourth-order valence-corrected chi connectivity index (χ4v) is 1.70. The fraction of sp³-hybridized carbons (Fsp3) is 0.231. The summed E-state index contributed by atoms with van der Waals surface area (Å²) < 4.78 is 1.58. The van der Waals surface area contributed by atoms with Crippen molar-refractivity contribution in [3.63, 3.8) is 0 Å². The summed E-state index contributed by atoms with van der Waals surface area (Å²) in [6.45, 7) is 5.70. The molecule has 1 amide bonds. The predicted octanol–water partition coefficient (Wildman–Crippen LogP) is 1.88. The lowest BCUT2D eigenvalue weighted by Gasteiger charge is -2.08. The first kappa shape index (κ1) is 12.9. The van der Waals surface area contributed by atoms with Gasteiger partial charge in [-0.25, -0.2) is 4.68 Å². The molecule has 2 aromatic rings. The highest BCUT2D eigenvalue weighted by Crippen LogP contribution is 2.17. The van der Waals surface area contributed by atoms with Gasteiger partial charge in [0.1, 0.15) is 6.33 Å².